The summed E-state index contributed by atoms with van der Waals surface area (Å²) in [6.07, 6.45) is 0.574. The van der Waals surface area contributed by atoms with Gasteiger partial charge in [-0.3, -0.25) is 19.8 Å². The fourth-order valence-electron chi connectivity index (χ4n) is 5.79. The van der Waals surface area contributed by atoms with Crippen LogP contribution in [0, 0.1) is 0 Å². The Morgan fingerprint density at radius 1 is 0.896 bits per heavy atom. The number of aromatic nitrogens is 5. The Hall–Kier alpha value is -5.62. The number of rotatable bonds is 6. The monoisotopic (exact) mass is 652 g/mol. The average Bonchev–Trinajstić information content (AvgIpc) is 3.60. The molecular formula is C36H31F3N6O3. The molecule has 1 aliphatic heterocycles. The molecule has 7 rings (SSSR count). The minimum absolute atomic E-state index is 0.126. The van der Waals surface area contributed by atoms with Crippen LogP contribution in [-0.2, 0) is 11.3 Å². The summed E-state index contributed by atoms with van der Waals surface area (Å²) in [5.41, 5.74) is 8.77. The topological polar surface area (TPSA) is 128 Å². The third-order valence-corrected chi connectivity index (χ3v) is 8.27. The van der Waals surface area contributed by atoms with E-state index in [4.69, 9.17) is 14.9 Å². The van der Waals surface area contributed by atoms with Crippen molar-refractivity contribution in [2.24, 2.45) is 0 Å². The molecule has 3 N–H and O–H groups in total. The molecule has 0 amide bonds. The zero-order chi connectivity index (χ0) is 33.7. The summed E-state index contributed by atoms with van der Waals surface area (Å²) < 4.78 is 31.7. The summed E-state index contributed by atoms with van der Waals surface area (Å²) in [5.74, 6) is -2.27. The van der Waals surface area contributed by atoms with Crippen molar-refractivity contribution in [1.82, 2.24) is 30.0 Å². The second kappa shape index (κ2) is 14.0. The number of nitrogens with one attached hydrogen (secondary N) is 2. The van der Waals surface area contributed by atoms with Gasteiger partial charge in [0.15, 0.2) is 0 Å². The molecule has 48 heavy (non-hydrogen) atoms. The lowest BCUT2D eigenvalue weighted by molar-refractivity contribution is -0.192. The predicted octanol–water partition coefficient (Wildman–Crippen LogP) is 7.06. The minimum Gasteiger partial charge on any atom is -0.475 e. The van der Waals surface area contributed by atoms with Gasteiger partial charge in [-0.15, -0.1) is 0 Å². The van der Waals surface area contributed by atoms with E-state index in [9.17, 15) is 18.0 Å². The van der Waals surface area contributed by atoms with Gasteiger partial charge in [-0.1, -0.05) is 60.7 Å². The van der Waals surface area contributed by atoms with Crippen molar-refractivity contribution >= 4 is 16.9 Å². The second-order valence-electron chi connectivity index (χ2n) is 11.5. The van der Waals surface area contributed by atoms with Gasteiger partial charge < -0.3 is 10.1 Å². The van der Waals surface area contributed by atoms with E-state index in [0.717, 1.165) is 66.2 Å². The van der Waals surface area contributed by atoms with E-state index < -0.39 is 12.1 Å². The maximum atomic E-state index is 12.5. The number of aliphatic carboxylic acids is 1. The number of carboxylic acid groups (broad SMARTS) is 1. The number of halogens is 3. The number of alkyl halides is 3. The van der Waals surface area contributed by atoms with Crippen molar-refractivity contribution in [3.8, 4) is 33.8 Å². The van der Waals surface area contributed by atoms with Gasteiger partial charge in [0, 0.05) is 41.7 Å². The minimum atomic E-state index is -5.08. The molecule has 5 heterocycles. The van der Waals surface area contributed by atoms with Crippen molar-refractivity contribution in [2.75, 3.05) is 13.1 Å². The number of H-pyrrole nitrogens is 2. The Bertz CT molecular complexity index is 2060. The molecule has 12 heteroatoms. The molecule has 0 radical (unpaired) electrons. The van der Waals surface area contributed by atoms with Crippen LogP contribution in [-0.4, -0.2) is 60.4 Å². The highest BCUT2D eigenvalue weighted by molar-refractivity contribution is 5.91. The van der Waals surface area contributed by atoms with Gasteiger partial charge in [-0.25, -0.2) is 9.78 Å². The lowest BCUT2D eigenvalue weighted by Crippen LogP contribution is -2.32. The van der Waals surface area contributed by atoms with Crippen molar-refractivity contribution in [3.05, 3.63) is 125 Å². The highest BCUT2D eigenvalue weighted by Crippen LogP contribution is 2.33. The molecule has 2 aromatic carbocycles. The normalized spacial score (nSPS) is 14.0. The van der Waals surface area contributed by atoms with Gasteiger partial charge in [0.25, 0.3) is 5.56 Å². The van der Waals surface area contributed by atoms with Crippen molar-refractivity contribution in [2.45, 2.75) is 31.5 Å². The van der Waals surface area contributed by atoms with Crippen LogP contribution in [0.2, 0.25) is 0 Å². The van der Waals surface area contributed by atoms with Gasteiger partial charge in [-0.05, 0) is 67.4 Å². The lowest BCUT2D eigenvalue weighted by atomic mass is 9.93. The van der Waals surface area contributed by atoms with Crippen LogP contribution >= 0.6 is 0 Å². The number of hydrogen-bond donors (Lipinski definition) is 3. The van der Waals surface area contributed by atoms with E-state index >= 15 is 0 Å². The molecule has 0 bridgehead atoms. The average molecular weight is 653 g/mol. The molecule has 1 fully saturated rings. The molecule has 0 unspecified atom stereocenters. The Balaban J connectivity index is 0.000000519. The van der Waals surface area contributed by atoms with Crippen molar-refractivity contribution < 1.29 is 23.1 Å². The summed E-state index contributed by atoms with van der Waals surface area (Å²) in [6, 6.07) is 30.7. The van der Waals surface area contributed by atoms with E-state index in [2.05, 4.69) is 67.5 Å². The largest absolute Gasteiger partial charge is 0.490 e. The number of carbonyl (C=O) groups is 1. The molecule has 4 aromatic heterocycles. The zero-order valence-corrected chi connectivity index (χ0v) is 25.6. The van der Waals surface area contributed by atoms with Gasteiger partial charge >= 0.3 is 12.1 Å². The lowest BCUT2D eigenvalue weighted by Gasteiger charge is -2.31. The van der Waals surface area contributed by atoms with Gasteiger partial charge in [-0.2, -0.15) is 18.3 Å². The third kappa shape index (κ3) is 7.50. The second-order valence-corrected chi connectivity index (χ2v) is 11.5. The number of aromatic amines is 2. The maximum Gasteiger partial charge on any atom is 0.490 e. The zero-order valence-electron chi connectivity index (χ0n) is 25.6. The van der Waals surface area contributed by atoms with Crippen molar-refractivity contribution in [1.29, 1.82) is 0 Å². The molecule has 0 spiro atoms. The Labute approximate surface area is 273 Å². The Kier molecular flexibility index (Phi) is 9.44. The molecule has 0 saturated carbocycles. The predicted molar refractivity (Wildman–Crippen MR) is 176 cm³/mol. The highest BCUT2D eigenvalue weighted by Gasteiger charge is 2.38. The van der Waals surface area contributed by atoms with Crippen LogP contribution in [0.1, 0.15) is 30.0 Å². The van der Waals surface area contributed by atoms with Gasteiger partial charge in [0.2, 0.25) is 0 Å². The highest BCUT2D eigenvalue weighted by atomic mass is 19.4. The molecular weight excluding hydrogens is 621 g/mol. The smallest absolute Gasteiger partial charge is 0.475 e. The fraction of sp³-hybridized carbons (Fsp3) is 0.194. The first-order chi connectivity index (χ1) is 23.2. The number of hydrogen-bond acceptors (Lipinski definition) is 6. The van der Waals surface area contributed by atoms with Crippen LogP contribution in [0.5, 0.6) is 0 Å². The summed E-state index contributed by atoms with van der Waals surface area (Å²) in [7, 11) is 0. The first kappa shape index (κ1) is 32.3. The fourth-order valence-corrected chi connectivity index (χ4v) is 5.79. The molecule has 0 aliphatic carbocycles. The Morgan fingerprint density at radius 2 is 1.60 bits per heavy atom. The molecule has 6 aromatic rings. The number of fused-ring (bicyclic) bond motifs is 1. The Morgan fingerprint density at radius 3 is 2.27 bits per heavy atom. The first-order valence-electron chi connectivity index (χ1n) is 15.3. The number of pyridine rings is 3. The van der Waals surface area contributed by atoms with Crippen LogP contribution in [0.15, 0.2) is 108 Å². The van der Waals surface area contributed by atoms with Crippen LogP contribution in [0.4, 0.5) is 13.2 Å². The summed E-state index contributed by atoms with van der Waals surface area (Å²) >= 11 is 0. The molecule has 1 saturated heterocycles. The number of benzene rings is 2. The first-order valence-corrected chi connectivity index (χ1v) is 15.3. The number of piperidine rings is 1. The molecule has 244 valence electrons. The van der Waals surface area contributed by atoms with Crippen LogP contribution in [0.3, 0.4) is 0 Å². The van der Waals surface area contributed by atoms with E-state index in [1.54, 1.807) is 12.4 Å². The van der Waals surface area contributed by atoms with E-state index in [0.29, 0.717) is 16.8 Å². The van der Waals surface area contributed by atoms with Crippen LogP contribution < -0.4 is 5.56 Å². The summed E-state index contributed by atoms with van der Waals surface area (Å²) in [4.78, 5) is 36.1. The molecule has 9 nitrogen and oxygen atoms in total. The SMILES string of the molecule is O=C(O)C(F)(F)F.O=c1[nH]ccc2nc(-c3ccc(CN4CCC(c5cc(-c6ccccn6)n[nH]5)CC4)cc3)c(-c3ccccc3)cc12. The third-order valence-electron chi connectivity index (χ3n) is 8.27. The summed E-state index contributed by atoms with van der Waals surface area (Å²) in [5, 5.41) is 15.5. The van der Waals surface area contributed by atoms with E-state index in [1.807, 2.05) is 48.5 Å². The standard InChI is InChI=1S/C34H30N6O.C2HF3O2/c41-34-28-20-27(24-6-2-1-3-7-24)33(37-29(28)13-17-36-34)26-11-9-23(10-12-26)22-40-18-14-25(15-19-40)31-21-32(39-38-31)30-8-4-5-16-35-30;3-2(4,5)1(6)7/h1-13,16-17,20-21,25H,14-15,18-19,22H2,(H,36,41)(H,38,39);(H,6,7). The van der Waals surface area contributed by atoms with E-state index in [-0.39, 0.29) is 5.56 Å². The van der Waals surface area contributed by atoms with E-state index in [1.165, 1.54) is 11.3 Å². The van der Waals surface area contributed by atoms with Crippen molar-refractivity contribution in [3.63, 3.8) is 0 Å². The molecule has 0 atom stereocenters. The maximum absolute atomic E-state index is 12.5. The van der Waals surface area contributed by atoms with Gasteiger partial charge in [0.1, 0.15) is 5.69 Å². The van der Waals surface area contributed by atoms with Gasteiger partial charge in [0.05, 0.1) is 22.3 Å². The molecule has 1 aliphatic rings. The summed E-state index contributed by atoms with van der Waals surface area (Å²) in [6.45, 7) is 3.01. The number of likely N-dealkylation sites (tertiary alicyclic amines) is 1. The quantitative estimate of drug-likeness (QED) is 0.176. The number of carboxylic acids is 1. The van der Waals surface area contributed by atoms with Crippen LogP contribution in [0.25, 0.3) is 44.7 Å². The number of nitrogens with zero attached hydrogens (tertiary/aromatic N) is 4.